The zero-order valence-electron chi connectivity index (χ0n) is 14.9. The Hall–Kier alpha value is -2.20. The zero-order valence-corrected chi connectivity index (χ0v) is 14.9. The van der Waals surface area contributed by atoms with Crippen LogP contribution in [0, 0.1) is 5.92 Å². The van der Waals surface area contributed by atoms with Crippen molar-refractivity contribution in [2.24, 2.45) is 5.92 Å². The molecular formula is C21H25NO3. The summed E-state index contributed by atoms with van der Waals surface area (Å²) in [6.45, 7) is 6.66. The van der Waals surface area contributed by atoms with Gasteiger partial charge in [-0.15, -0.1) is 0 Å². The molecule has 1 aromatic heterocycles. The van der Waals surface area contributed by atoms with Gasteiger partial charge in [0.05, 0.1) is 5.56 Å². The molecule has 0 spiro atoms. The minimum atomic E-state index is -0.199. The van der Waals surface area contributed by atoms with Gasteiger partial charge in [0, 0.05) is 37.7 Å². The van der Waals surface area contributed by atoms with Crippen molar-refractivity contribution in [2.45, 2.75) is 39.2 Å². The quantitative estimate of drug-likeness (QED) is 0.777. The summed E-state index contributed by atoms with van der Waals surface area (Å²) in [5.41, 5.74) is 2.71. The van der Waals surface area contributed by atoms with Gasteiger partial charge in [0.15, 0.2) is 11.7 Å². The minimum Gasteiger partial charge on any atom is -0.381 e. The highest BCUT2D eigenvalue weighted by Gasteiger charge is 2.16. The molecule has 1 saturated heterocycles. The lowest BCUT2D eigenvalue weighted by Crippen LogP contribution is -2.22. The molecule has 0 N–H and O–H groups in total. The van der Waals surface area contributed by atoms with Crippen LogP contribution >= 0.6 is 0 Å². The molecule has 0 unspecified atom stereocenters. The van der Waals surface area contributed by atoms with Gasteiger partial charge in [-0.05, 0) is 35.8 Å². The number of carbonyl (C=O) groups excluding carboxylic acids is 1. The van der Waals surface area contributed by atoms with E-state index >= 15 is 0 Å². The first-order valence-electron chi connectivity index (χ1n) is 8.96. The van der Waals surface area contributed by atoms with Crippen LogP contribution in [0.3, 0.4) is 0 Å². The highest BCUT2D eigenvalue weighted by molar-refractivity contribution is 5.78. The number of pyridine rings is 1. The van der Waals surface area contributed by atoms with Gasteiger partial charge in [0.1, 0.15) is 0 Å². The molecule has 132 valence electrons. The number of benzene rings is 1. The topological polar surface area (TPSA) is 48.3 Å². The zero-order chi connectivity index (χ0) is 17.8. The molecule has 2 heterocycles. The molecule has 25 heavy (non-hydrogen) atoms. The van der Waals surface area contributed by atoms with E-state index in [0.29, 0.717) is 23.7 Å². The summed E-state index contributed by atoms with van der Waals surface area (Å²) >= 11 is 0. The lowest BCUT2D eigenvalue weighted by Gasteiger charge is -2.23. The SMILES string of the molecule is CC(C)c1ccc(-c2cn(CC3CCOCC3)cc(C=O)c2=O)cc1. The summed E-state index contributed by atoms with van der Waals surface area (Å²) in [6, 6.07) is 8.05. The summed E-state index contributed by atoms with van der Waals surface area (Å²) in [5.74, 6) is 0.965. The summed E-state index contributed by atoms with van der Waals surface area (Å²) in [7, 11) is 0. The van der Waals surface area contributed by atoms with E-state index in [1.807, 2.05) is 22.9 Å². The molecule has 0 saturated carbocycles. The first-order valence-corrected chi connectivity index (χ1v) is 8.96. The fourth-order valence-corrected chi connectivity index (χ4v) is 3.32. The van der Waals surface area contributed by atoms with Gasteiger partial charge in [-0.2, -0.15) is 0 Å². The second kappa shape index (κ2) is 7.79. The van der Waals surface area contributed by atoms with E-state index < -0.39 is 0 Å². The number of carbonyl (C=O) groups is 1. The normalized spacial score (nSPS) is 15.5. The fourth-order valence-electron chi connectivity index (χ4n) is 3.32. The lowest BCUT2D eigenvalue weighted by molar-refractivity contribution is 0.0612. The monoisotopic (exact) mass is 339 g/mol. The lowest BCUT2D eigenvalue weighted by atomic mass is 9.98. The van der Waals surface area contributed by atoms with Gasteiger partial charge in [0.25, 0.3) is 0 Å². The van der Waals surface area contributed by atoms with Crippen molar-refractivity contribution in [3.8, 4) is 11.1 Å². The molecular weight excluding hydrogens is 314 g/mol. The van der Waals surface area contributed by atoms with Crippen LogP contribution in [0.5, 0.6) is 0 Å². The predicted molar refractivity (Wildman–Crippen MR) is 99.2 cm³/mol. The number of aromatic nitrogens is 1. The second-order valence-electron chi connectivity index (χ2n) is 7.10. The van der Waals surface area contributed by atoms with E-state index in [1.165, 1.54) is 5.56 Å². The van der Waals surface area contributed by atoms with Crippen molar-refractivity contribution >= 4 is 6.29 Å². The summed E-state index contributed by atoms with van der Waals surface area (Å²) in [6.07, 6.45) is 6.25. The minimum absolute atomic E-state index is 0.199. The maximum Gasteiger partial charge on any atom is 0.199 e. The Morgan fingerprint density at radius 1 is 1.16 bits per heavy atom. The average molecular weight is 339 g/mol. The Labute approximate surface area is 148 Å². The molecule has 0 bridgehead atoms. The summed E-state index contributed by atoms with van der Waals surface area (Å²) in [5, 5.41) is 0. The molecule has 2 aromatic rings. The number of hydrogen-bond acceptors (Lipinski definition) is 3. The molecule has 4 nitrogen and oxygen atoms in total. The molecule has 4 heteroatoms. The number of hydrogen-bond donors (Lipinski definition) is 0. The Morgan fingerprint density at radius 2 is 1.84 bits per heavy atom. The van der Waals surface area contributed by atoms with Crippen molar-refractivity contribution < 1.29 is 9.53 Å². The van der Waals surface area contributed by atoms with Gasteiger partial charge in [0.2, 0.25) is 0 Å². The molecule has 1 aliphatic heterocycles. The van der Waals surface area contributed by atoms with Crippen LogP contribution in [0.2, 0.25) is 0 Å². The van der Waals surface area contributed by atoms with Crippen molar-refractivity contribution in [2.75, 3.05) is 13.2 Å². The smallest absolute Gasteiger partial charge is 0.199 e. The van der Waals surface area contributed by atoms with Crippen molar-refractivity contribution in [3.63, 3.8) is 0 Å². The van der Waals surface area contributed by atoms with Crippen LogP contribution in [0.1, 0.15) is 48.5 Å². The first kappa shape index (κ1) is 17.6. The highest BCUT2D eigenvalue weighted by Crippen LogP contribution is 2.22. The maximum atomic E-state index is 12.6. The molecule has 3 rings (SSSR count). The van der Waals surface area contributed by atoms with Crippen LogP contribution in [-0.2, 0) is 11.3 Å². The summed E-state index contributed by atoms with van der Waals surface area (Å²) in [4.78, 5) is 24.0. The van der Waals surface area contributed by atoms with Gasteiger partial charge in [-0.1, -0.05) is 38.1 Å². The van der Waals surface area contributed by atoms with E-state index in [1.54, 1.807) is 6.20 Å². The van der Waals surface area contributed by atoms with E-state index in [9.17, 15) is 9.59 Å². The molecule has 0 radical (unpaired) electrons. The largest absolute Gasteiger partial charge is 0.381 e. The Morgan fingerprint density at radius 3 is 2.44 bits per heavy atom. The fraction of sp³-hybridized carbons (Fsp3) is 0.429. The van der Waals surface area contributed by atoms with Crippen molar-refractivity contribution in [1.82, 2.24) is 4.57 Å². The molecule has 1 fully saturated rings. The standard InChI is InChI=1S/C21H25NO3/c1-15(2)17-3-5-18(6-4-17)20-13-22(12-19(14-23)21(20)24)11-16-7-9-25-10-8-16/h3-6,12-16H,7-11H2,1-2H3. The Bertz CT molecular complexity index is 784. The van der Waals surface area contributed by atoms with Crippen LogP contribution in [0.15, 0.2) is 41.5 Å². The third-order valence-corrected chi connectivity index (χ3v) is 4.93. The molecule has 0 atom stereocenters. The van der Waals surface area contributed by atoms with Crippen LogP contribution in [-0.4, -0.2) is 24.1 Å². The van der Waals surface area contributed by atoms with E-state index in [0.717, 1.165) is 38.2 Å². The summed E-state index contributed by atoms with van der Waals surface area (Å²) < 4.78 is 7.40. The average Bonchev–Trinajstić information content (AvgIpc) is 2.64. The first-order chi connectivity index (χ1) is 12.1. The molecule has 0 amide bonds. The highest BCUT2D eigenvalue weighted by atomic mass is 16.5. The predicted octanol–water partition coefficient (Wildman–Crippen LogP) is 3.88. The van der Waals surface area contributed by atoms with E-state index in [4.69, 9.17) is 4.74 Å². The van der Waals surface area contributed by atoms with Crippen LogP contribution in [0.4, 0.5) is 0 Å². The van der Waals surface area contributed by atoms with Crippen molar-refractivity contribution in [3.05, 3.63) is 58.0 Å². The van der Waals surface area contributed by atoms with E-state index in [-0.39, 0.29) is 11.0 Å². The van der Waals surface area contributed by atoms with Crippen LogP contribution in [0.25, 0.3) is 11.1 Å². The van der Waals surface area contributed by atoms with Crippen molar-refractivity contribution in [1.29, 1.82) is 0 Å². The molecule has 0 aliphatic carbocycles. The number of nitrogens with zero attached hydrogens (tertiary/aromatic N) is 1. The number of rotatable bonds is 5. The van der Waals surface area contributed by atoms with Crippen LogP contribution < -0.4 is 5.43 Å². The second-order valence-corrected chi connectivity index (χ2v) is 7.10. The maximum absolute atomic E-state index is 12.6. The van der Waals surface area contributed by atoms with Gasteiger partial charge < -0.3 is 9.30 Å². The number of ether oxygens (including phenoxy) is 1. The third-order valence-electron chi connectivity index (χ3n) is 4.93. The Kier molecular flexibility index (Phi) is 5.49. The molecule has 1 aromatic carbocycles. The number of aldehydes is 1. The van der Waals surface area contributed by atoms with Gasteiger partial charge in [-0.3, -0.25) is 9.59 Å². The van der Waals surface area contributed by atoms with E-state index in [2.05, 4.69) is 26.0 Å². The molecule has 1 aliphatic rings. The third kappa shape index (κ3) is 4.07. The van der Waals surface area contributed by atoms with Gasteiger partial charge in [-0.25, -0.2) is 0 Å². The van der Waals surface area contributed by atoms with Gasteiger partial charge >= 0.3 is 0 Å². The Balaban J connectivity index is 1.95.